The van der Waals surface area contributed by atoms with Crippen LogP contribution in [0.1, 0.15) is 23.2 Å². The fourth-order valence-electron chi connectivity index (χ4n) is 2.36. The molecule has 0 aliphatic carbocycles. The summed E-state index contributed by atoms with van der Waals surface area (Å²) >= 11 is 0. The van der Waals surface area contributed by atoms with Gasteiger partial charge < -0.3 is 15.5 Å². The number of likely N-dealkylation sites (N-methyl/N-ethyl adjacent to an activating group) is 1. The Morgan fingerprint density at radius 3 is 2.68 bits per heavy atom. The number of nitrogen functional groups attached to an aromatic ring is 1. The smallest absolute Gasteiger partial charge is 0.253 e. The first kappa shape index (κ1) is 13.8. The molecule has 1 aliphatic heterocycles. The van der Waals surface area contributed by atoms with Crippen LogP contribution in [0.3, 0.4) is 0 Å². The third-order valence-corrected chi connectivity index (χ3v) is 3.46. The van der Waals surface area contributed by atoms with E-state index in [1.807, 2.05) is 0 Å². The first-order chi connectivity index (χ1) is 9.06. The molecule has 104 valence electrons. The van der Waals surface area contributed by atoms with Crippen LogP contribution in [0.5, 0.6) is 0 Å². The molecule has 1 amide bonds. The molecule has 1 heterocycles. The monoisotopic (exact) mass is 265 g/mol. The van der Waals surface area contributed by atoms with Gasteiger partial charge in [-0.2, -0.15) is 0 Å². The number of halogens is 1. The molecule has 1 saturated heterocycles. The molecule has 1 aliphatic rings. The minimum atomic E-state index is -0.476. The van der Waals surface area contributed by atoms with Crippen LogP contribution in [-0.4, -0.2) is 48.9 Å². The van der Waals surface area contributed by atoms with E-state index in [9.17, 15) is 9.18 Å². The Balaban J connectivity index is 1.93. The van der Waals surface area contributed by atoms with Gasteiger partial charge in [-0.15, -0.1) is 0 Å². The maximum absolute atomic E-state index is 13.2. The van der Waals surface area contributed by atoms with Crippen molar-refractivity contribution in [2.24, 2.45) is 0 Å². The van der Waals surface area contributed by atoms with Crippen LogP contribution in [0.15, 0.2) is 18.2 Å². The number of carbonyl (C=O) groups is 1. The van der Waals surface area contributed by atoms with Crippen LogP contribution in [0.4, 0.5) is 10.1 Å². The number of anilines is 1. The number of nitrogens with zero attached hydrogens (tertiary/aromatic N) is 2. The number of hydrogen-bond donors (Lipinski definition) is 1. The highest BCUT2D eigenvalue weighted by Gasteiger charge is 2.16. The molecule has 1 aromatic carbocycles. The van der Waals surface area contributed by atoms with Gasteiger partial charge in [0.1, 0.15) is 5.82 Å². The lowest BCUT2D eigenvalue weighted by atomic mass is 10.1. The van der Waals surface area contributed by atoms with Crippen molar-refractivity contribution in [1.29, 1.82) is 0 Å². The van der Waals surface area contributed by atoms with Gasteiger partial charge in [0.2, 0.25) is 0 Å². The molecule has 0 saturated carbocycles. The minimum absolute atomic E-state index is 0.189. The van der Waals surface area contributed by atoms with E-state index in [1.54, 1.807) is 11.9 Å². The summed E-state index contributed by atoms with van der Waals surface area (Å²) in [6, 6.07) is 3.95. The maximum atomic E-state index is 13.2. The van der Waals surface area contributed by atoms with E-state index in [-0.39, 0.29) is 11.6 Å². The number of hydrogen-bond acceptors (Lipinski definition) is 3. The number of amides is 1. The zero-order valence-corrected chi connectivity index (χ0v) is 11.2. The van der Waals surface area contributed by atoms with Crippen molar-refractivity contribution >= 4 is 11.6 Å². The van der Waals surface area contributed by atoms with E-state index in [2.05, 4.69) is 4.90 Å². The summed E-state index contributed by atoms with van der Waals surface area (Å²) < 4.78 is 13.2. The molecule has 5 heteroatoms. The van der Waals surface area contributed by atoms with Gasteiger partial charge in [0.15, 0.2) is 0 Å². The predicted octanol–water partition coefficient (Wildman–Crippen LogP) is 1.58. The number of benzene rings is 1. The lowest BCUT2D eigenvalue weighted by Gasteiger charge is -2.21. The molecule has 4 nitrogen and oxygen atoms in total. The van der Waals surface area contributed by atoms with E-state index in [0.717, 1.165) is 19.6 Å². The second kappa shape index (κ2) is 6.02. The molecule has 0 radical (unpaired) electrons. The molecule has 0 spiro atoms. The van der Waals surface area contributed by atoms with Crippen LogP contribution in [0.25, 0.3) is 0 Å². The summed E-state index contributed by atoms with van der Waals surface area (Å²) in [5, 5.41) is 0. The second-order valence-corrected chi connectivity index (χ2v) is 5.05. The lowest BCUT2D eigenvalue weighted by Crippen LogP contribution is -2.35. The Morgan fingerprint density at radius 1 is 1.37 bits per heavy atom. The van der Waals surface area contributed by atoms with Gasteiger partial charge in [0.05, 0.1) is 0 Å². The van der Waals surface area contributed by atoms with E-state index in [0.29, 0.717) is 12.1 Å². The quantitative estimate of drug-likeness (QED) is 0.841. The van der Waals surface area contributed by atoms with E-state index < -0.39 is 5.82 Å². The van der Waals surface area contributed by atoms with Crippen molar-refractivity contribution in [3.8, 4) is 0 Å². The largest absolute Gasteiger partial charge is 0.399 e. The third kappa shape index (κ3) is 3.67. The molecule has 0 unspecified atom stereocenters. The molecule has 0 atom stereocenters. The zero-order chi connectivity index (χ0) is 13.8. The van der Waals surface area contributed by atoms with Crippen LogP contribution < -0.4 is 5.73 Å². The number of likely N-dealkylation sites (tertiary alicyclic amines) is 1. The molecule has 0 aromatic heterocycles. The highest BCUT2D eigenvalue weighted by Crippen LogP contribution is 2.13. The Bertz CT molecular complexity index is 438. The van der Waals surface area contributed by atoms with Gasteiger partial charge >= 0.3 is 0 Å². The van der Waals surface area contributed by atoms with Crippen LogP contribution in [0, 0.1) is 5.82 Å². The summed E-state index contributed by atoms with van der Waals surface area (Å²) in [5.41, 5.74) is 6.13. The van der Waals surface area contributed by atoms with E-state index in [1.165, 1.54) is 31.0 Å². The SMILES string of the molecule is CN(CCN1CCCC1)C(=O)c1cc(N)cc(F)c1. The van der Waals surface area contributed by atoms with Gasteiger partial charge in [-0.1, -0.05) is 0 Å². The van der Waals surface area contributed by atoms with Crippen molar-refractivity contribution in [2.45, 2.75) is 12.8 Å². The molecule has 19 heavy (non-hydrogen) atoms. The fourth-order valence-corrected chi connectivity index (χ4v) is 2.36. The van der Waals surface area contributed by atoms with Crippen LogP contribution in [0.2, 0.25) is 0 Å². The summed E-state index contributed by atoms with van der Waals surface area (Å²) in [4.78, 5) is 16.1. The standard InChI is InChI=1S/C14H20FN3O/c1-17(6-7-18-4-2-3-5-18)14(19)11-8-12(15)10-13(16)9-11/h8-10H,2-7,16H2,1H3. The number of rotatable bonds is 4. The predicted molar refractivity (Wildman–Crippen MR) is 73.4 cm³/mol. The Morgan fingerprint density at radius 2 is 2.05 bits per heavy atom. The highest BCUT2D eigenvalue weighted by molar-refractivity contribution is 5.94. The Kier molecular flexibility index (Phi) is 4.37. The normalized spacial score (nSPS) is 15.7. The zero-order valence-electron chi connectivity index (χ0n) is 11.2. The van der Waals surface area contributed by atoms with Gasteiger partial charge in [-0.25, -0.2) is 4.39 Å². The first-order valence-electron chi connectivity index (χ1n) is 6.60. The van der Waals surface area contributed by atoms with Gasteiger partial charge in [0, 0.05) is 31.4 Å². The summed E-state index contributed by atoms with van der Waals surface area (Å²) in [7, 11) is 1.74. The topological polar surface area (TPSA) is 49.6 Å². The molecule has 2 rings (SSSR count). The minimum Gasteiger partial charge on any atom is -0.399 e. The number of carbonyl (C=O) groups excluding carboxylic acids is 1. The second-order valence-electron chi connectivity index (χ2n) is 5.05. The van der Waals surface area contributed by atoms with E-state index >= 15 is 0 Å². The van der Waals surface area contributed by atoms with Gasteiger partial charge in [-0.3, -0.25) is 4.79 Å². The average molecular weight is 265 g/mol. The van der Waals surface area contributed by atoms with E-state index in [4.69, 9.17) is 5.73 Å². The van der Waals surface area contributed by atoms with Crippen molar-refractivity contribution < 1.29 is 9.18 Å². The van der Waals surface area contributed by atoms with Crippen molar-refractivity contribution in [3.05, 3.63) is 29.6 Å². The molecule has 1 aromatic rings. The van der Waals surface area contributed by atoms with Crippen molar-refractivity contribution in [3.63, 3.8) is 0 Å². The fraction of sp³-hybridized carbons (Fsp3) is 0.500. The maximum Gasteiger partial charge on any atom is 0.253 e. The van der Waals surface area contributed by atoms with Crippen LogP contribution >= 0.6 is 0 Å². The van der Waals surface area contributed by atoms with Gasteiger partial charge in [-0.05, 0) is 44.1 Å². The average Bonchev–Trinajstić information content (AvgIpc) is 2.87. The number of nitrogens with two attached hydrogens (primary N) is 1. The van der Waals surface area contributed by atoms with Gasteiger partial charge in [0.25, 0.3) is 5.91 Å². The molecule has 1 fully saturated rings. The first-order valence-corrected chi connectivity index (χ1v) is 6.60. The lowest BCUT2D eigenvalue weighted by molar-refractivity contribution is 0.0782. The molecule has 2 N–H and O–H groups in total. The molecular weight excluding hydrogens is 245 g/mol. The van der Waals surface area contributed by atoms with Crippen molar-refractivity contribution in [1.82, 2.24) is 9.80 Å². The summed E-state index contributed by atoms with van der Waals surface area (Å²) in [6.07, 6.45) is 2.47. The highest BCUT2D eigenvalue weighted by atomic mass is 19.1. The Labute approximate surface area is 113 Å². The summed E-state index contributed by atoms with van der Waals surface area (Å²) in [5.74, 6) is -0.665. The summed E-state index contributed by atoms with van der Waals surface area (Å²) in [6.45, 7) is 3.73. The molecular formula is C14H20FN3O. The van der Waals surface area contributed by atoms with Crippen molar-refractivity contribution in [2.75, 3.05) is 39.0 Å². The third-order valence-electron chi connectivity index (χ3n) is 3.46. The Hall–Kier alpha value is -1.62. The van der Waals surface area contributed by atoms with Crippen LogP contribution in [-0.2, 0) is 0 Å². The molecule has 0 bridgehead atoms.